The summed E-state index contributed by atoms with van der Waals surface area (Å²) >= 11 is 0. The molecule has 0 radical (unpaired) electrons. The number of amides is 2. The van der Waals surface area contributed by atoms with Crippen LogP contribution in [-0.2, 0) is 4.79 Å². The smallest absolute Gasteiger partial charge is 0.321 e. The Morgan fingerprint density at radius 1 is 1.36 bits per heavy atom. The summed E-state index contributed by atoms with van der Waals surface area (Å²) in [5, 5.41) is 12.1. The molecule has 2 rings (SSSR count). The van der Waals surface area contributed by atoms with Gasteiger partial charge in [0.05, 0.1) is 12.5 Å². The van der Waals surface area contributed by atoms with E-state index in [0.29, 0.717) is 19.6 Å². The summed E-state index contributed by atoms with van der Waals surface area (Å²) in [6, 6.07) is 5.33. The van der Waals surface area contributed by atoms with Crippen LogP contribution in [0, 0.1) is 18.8 Å². The number of nitrogens with zero attached hydrogens (tertiary/aromatic N) is 1. The van der Waals surface area contributed by atoms with E-state index < -0.39 is 11.9 Å². The number of rotatable bonds is 6. The first-order chi connectivity index (χ1) is 11.9. The van der Waals surface area contributed by atoms with Crippen molar-refractivity contribution >= 4 is 17.7 Å². The fourth-order valence-electron chi connectivity index (χ4n) is 3.09. The van der Waals surface area contributed by atoms with Crippen molar-refractivity contribution in [2.45, 2.75) is 40.0 Å². The van der Waals surface area contributed by atoms with Gasteiger partial charge in [-0.15, -0.1) is 0 Å². The Labute approximate surface area is 149 Å². The maximum absolute atomic E-state index is 12.5. The summed E-state index contributed by atoms with van der Waals surface area (Å²) in [6.45, 7) is 7.52. The van der Waals surface area contributed by atoms with Gasteiger partial charge < -0.3 is 20.1 Å². The summed E-state index contributed by atoms with van der Waals surface area (Å²) in [4.78, 5) is 25.4. The molecule has 138 valence electrons. The summed E-state index contributed by atoms with van der Waals surface area (Å²) in [5.41, 5.74) is 1.64. The van der Waals surface area contributed by atoms with Crippen molar-refractivity contribution < 1.29 is 19.4 Å². The third kappa shape index (κ3) is 5.37. The van der Waals surface area contributed by atoms with E-state index in [9.17, 15) is 14.7 Å². The molecule has 25 heavy (non-hydrogen) atoms. The second-order valence-corrected chi connectivity index (χ2v) is 6.89. The number of aliphatic carboxylic acids is 1. The number of likely N-dealkylation sites (tertiary alicyclic amines) is 1. The van der Waals surface area contributed by atoms with Gasteiger partial charge in [0.15, 0.2) is 0 Å². The normalized spacial score (nSPS) is 20.2. The summed E-state index contributed by atoms with van der Waals surface area (Å²) in [6.07, 6.45) is 2.70. The summed E-state index contributed by atoms with van der Waals surface area (Å²) in [5.74, 6) is -0.364. The van der Waals surface area contributed by atoms with Crippen LogP contribution in [0.25, 0.3) is 0 Å². The molecule has 1 saturated heterocycles. The average Bonchev–Trinajstić information content (AvgIpc) is 2.56. The zero-order chi connectivity index (χ0) is 18.4. The van der Waals surface area contributed by atoms with Crippen LogP contribution in [0.2, 0.25) is 0 Å². The van der Waals surface area contributed by atoms with Crippen molar-refractivity contribution in [1.82, 2.24) is 4.90 Å². The fourth-order valence-corrected chi connectivity index (χ4v) is 3.09. The van der Waals surface area contributed by atoms with Crippen molar-refractivity contribution in [3.05, 3.63) is 23.8 Å². The van der Waals surface area contributed by atoms with Gasteiger partial charge in [-0.1, -0.05) is 20.3 Å². The number of benzene rings is 1. The average molecular weight is 348 g/mol. The molecule has 1 fully saturated rings. The van der Waals surface area contributed by atoms with Crippen LogP contribution in [-0.4, -0.2) is 41.7 Å². The SMILES string of the molecule is CCCCOc1ccc(NC(=O)N2CC(C)CC(C(=O)O)C2)c(C)c1. The van der Waals surface area contributed by atoms with Crippen LogP contribution in [0.4, 0.5) is 10.5 Å². The van der Waals surface area contributed by atoms with E-state index in [2.05, 4.69) is 12.2 Å². The van der Waals surface area contributed by atoms with Crippen molar-refractivity contribution in [3.8, 4) is 5.75 Å². The van der Waals surface area contributed by atoms with E-state index in [-0.39, 0.29) is 18.5 Å². The van der Waals surface area contributed by atoms with Gasteiger partial charge in [0.1, 0.15) is 5.75 Å². The van der Waals surface area contributed by atoms with Gasteiger partial charge in [0.25, 0.3) is 0 Å². The highest BCUT2D eigenvalue weighted by Gasteiger charge is 2.32. The van der Waals surface area contributed by atoms with Crippen LogP contribution < -0.4 is 10.1 Å². The van der Waals surface area contributed by atoms with Gasteiger partial charge in [-0.3, -0.25) is 4.79 Å². The number of carboxylic acid groups (broad SMARTS) is 1. The molecule has 0 bridgehead atoms. The minimum absolute atomic E-state index is 0.177. The lowest BCUT2D eigenvalue weighted by atomic mass is 9.91. The first-order valence-electron chi connectivity index (χ1n) is 8.92. The highest BCUT2D eigenvalue weighted by molar-refractivity contribution is 5.90. The van der Waals surface area contributed by atoms with E-state index in [1.807, 2.05) is 32.0 Å². The Hall–Kier alpha value is -2.24. The highest BCUT2D eigenvalue weighted by atomic mass is 16.5. The van der Waals surface area contributed by atoms with E-state index in [1.165, 1.54) is 0 Å². The van der Waals surface area contributed by atoms with Crippen molar-refractivity contribution in [2.75, 3.05) is 25.0 Å². The second kappa shape index (κ2) is 8.74. The number of carbonyl (C=O) groups is 2. The van der Waals surface area contributed by atoms with Crippen LogP contribution >= 0.6 is 0 Å². The van der Waals surface area contributed by atoms with Gasteiger partial charge in [0.2, 0.25) is 0 Å². The Morgan fingerprint density at radius 3 is 2.76 bits per heavy atom. The lowest BCUT2D eigenvalue weighted by molar-refractivity contribution is -0.143. The van der Waals surface area contributed by atoms with Gasteiger partial charge >= 0.3 is 12.0 Å². The number of piperidine rings is 1. The lowest BCUT2D eigenvalue weighted by Gasteiger charge is -2.34. The van der Waals surface area contributed by atoms with Crippen molar-refractivity contribution in [3.63, 3.8) is 0 Å². The predicted octanol–water partition coefficient (Wildman–Crippen LogP) is 3.75. The monoisotopic (exact) mass is 348 g/mol. The minimum Gasteiger partial charge on any atom is -0.494 e. The topological polar surface area (TPSA) is 78.9 Å². The van der Waals surface area contributed by atoms with Crippen LogP contribution in [0.3, 0.4) is 0 Å². The Bertz CT molecular complexity index is 617. The van der Waals surface area contributed by atoms with E-state index >= 15 is 0 Å². The van der Waals surface area contributed by atoms with Gasteiger partial charge in [-0.2, -0.15) is 0 Å². The van der Waals surface area contributed by atoms with Crippen LogP contribution in [0.15, 0.2) is 18.2 Å². The molecule has 1 aromatic rings. The zero-order valence-corrected chi connectivity index (χ0v) is 15.2. The Balaban J connectivity index is 1.98. The molecule has 2 N–H and O–H groups in total. The maximum Gasteiger partial charge on any atom is 0.321 e. The molecule has 2 amide bonds. The highest BCUT2D eigenvalue weighted by Crippen LogP contribution is 2.25. The number of anilines is 1. The predicted molar refractivity (Wildman–Crippen MR) is 97.1 cm³/mol. The lowest BCUT2D eigenvalue weighted by Crippen LogP contribution is -2.47. The molecule has 1 heterocycles. The molecule has 1 aliphatic rings. The number of ether oxygens (including phenoxy) is 1. The summed E-state index contributed by atoms with van der Waals surface area (Å²) in [7, 11) is 0. The second-order valence-electron chi connectivity index (χ2n) is 6.89. The molecule has 0 saturated carbocycles. The molecule has 0 aromatic heterocycles. The number of hydrogen-bond acceptors (Lipinski definition) is 3. The quantitative estimate of drug-likeness (QED) is 0.768. The van der Waals surface area contributed by atoms with Gasteiger partial charge in [0, 0.05) is 18.8 Å². The van der Waals surface area contributed by atoms with E-state index in [0.717, 1.165) is 29.8 Å². The van der Waals surface area contributed by atoms with Gasteiger partial charge in [-0.05, 0) is 49.4 Å². The number of nitrogens with one attached hydrogen (secondary N) is 1. The minimum atomic E-state index is -0.839. The molecule has 2 atom stereocenters. The number of aryl methyl sites for hydroxylation is 1. The molecule has 0 spiro atoms. The maximum atomic E-state index is 12.5. The molecule has 0 aliphatic carbocycles. The van der Waals surface area contributed by atoms with Crippen molar-refractivity contribution in [1.29, 1.82) is 0 Å². The van der Waals surface area contributed by atoms with Crippen LogP contribution in [0.1, 0.15) is 38.7 Å². The largest absolute Gasteiger partial charge is 0.494 e. The zero-order valence-electron chi connectivity index (χ0n) is 15.2. The molecule has 6 nitrogen and oxygen atoms in total. The molecule has 1 aliphatic heterocycles. The number of urea groups is 1. The third-order valence-corrected chi connectivity index (χ3v) is 4.50. The standard InChI is InChI=1S/C19H28N2O4/c1-4-5-8-25-16-6-7-17(14(3)10-16)20-19(24)21-11-13(2)9-15(12-21)18(22)23/h6-7,10,13,15H,4-5,8-9,11-12H2,1-3H3,(H,20,24)(H,22,23). The summed E-state index contributed by atoms with van der Waals surface area (Å²) < 4.78 is 5.67. The molecule has 1 aromatic carbocycles. The number of carboxylic acids is 1. The first kappa shape index (κ1) is 19.1. The molecule has 6 heteroatoms. The Kier molecular flexibility index (Phi) is 6.67. The number of carbonyl (C=O) groups excluding carboxylic acids is 1. The number of hydrogen-bond donors (Lipinski definition) is 2. The Morgan fingerprint density at radius 2 is 2.12 bits per heavy atom. The first-order valence-corrected chi connectivity index (χ1v) is 8.92. The van der Waals surface area contributed by atoms with Crippen molar-refractivity contribution in [2.24, 2.45) is 11.8 Å². The number of unbranched alkanes of at least 4 members (excludes halogenated alkanes) is 1. The molecular weight excluding hydrogens is 320 g/mol. The fraction of sp³-hybridized carbons (Fsp3) is 0.579. The van der Waals surface area contributed by atoms with E-state index in [1.54, 1.807) is 4.90 Å². The van der Waals surface area contributed by atoms with Gasteiger partial charge in [-0.25, -0.2) is 4.79 Å². The third-order valence-electron chi connectivity index (χ3n) is 4.50. The van der Waals surface area contributed by atoms with E-state index in [4.69, 9.17) is 4.74 Å². The molecular formula is C19H28N2O4. The van der Waals surface area contributed by atoms with Crippen LogP contribution in [0.5, 0.6) is 5.75 Å². The molecule has 2 unspecified atom stereocenters.